The van der Waals surface area contributed by atoms with Crippen molar-refractivity contribution in [2.75, 3.05) is 10.0 Å². The van der Waals surface area contributed by atoms with Crippen LogP contribution in [0, 0.1) is 6.92 Å². The Morgan fingerprint density at radius 3 is 2.67 bits per heavy atom. The Kier molecular flexibility index (Phi) is 6.40. The van der Waals surface area contributed by atoms with E-state index in [2.05, 4.69) is 20.1 Å². The predicted molar refractivity (Wildman–Crippen MR) is 113 cm³/mol. The number of pyridine rings is 1. The van der Waals surface area contributed by atoms with Crippen LogP contribution >= 0.6 is 23.2 Å². The molecule has 156 valence electrons. The number of amides is 1. The second-order valence-corrected chi connectivity index (χ2v) is 8.55. The fraction of sp³-hybridized carbons (Fsp3) is 0.111. The van der Waals surface area contributed by atoms with Gasteiger partial charge in [-0.2, -0.15) is 5.10 Å². The van der Waals surface area contributed by atoms with Crippen molar-refractivity contribution in [3.05, 3.63) is 74.8 Å². The van der Waals surface area contributed by atoms with Crippen molar-refractivity contribution < 1.29 is 13.2 Å². The Labute approximate surface area is 181 Å². The van der Waals surface area contributed by atoms with Gasteiger partial charge in [-0.15, -0.1) is 0 Å². The second kappa shape index (κ2) is 8.82. The molecule has 0 spiro atoms. The van der Waals surface area contributed by atoms with E-state index >= 15 is 0 Å². The number of halogens is 2. The van der Waals surface area contributed by atoms with Crippen LogP contribution < -0.4 is 15.6 Å². The number of nitrogens with zero attached hydrogens (tertiary/aromatic N) is 3. The lowest BCUT2D eigenvalue weighted by Crippen LogP contribution is -2.30. The molecule has 0 aliphatic rings. The third kappa shape index (κ3) is 4.96. The van der Waals surface area contributed by atoms with Crippen LogP contribution in [0.25, 0.3) is 0 Å². The summed E-state index contributed by atoms with van der Waals surface area (Å²) in [6.07, 6.45) is 2.61. The van der Waals surface area contributed by atoms with Crippen LogP contribution in [0.2, 0.25) is 10.0 Å². The molecule has 12 heteroatoms. The molecule has 30 heavy (non-hydrogen) atoms. The number of aromatic nitrogens is 3. The summed E-state index contributed by atoms with van der Waals surface area (Å²) in [7, 11) is -3.94. The van der Waals surface area contributed by atoms with Crippen molar-refractivity contribution >= 4 is 50.6 Å². The molecule has 2 aromatic heterocycles. The lowest BCUT2D eigenvalue weighted by atomic mass is 10.2. The van der Waals surface area contributed by atoms with Crippen molar-refractivity contribution in [2.24, 2.45) is 0 Å². The molecule has 0 unspecified atom stereocenters. The van der Waals surface area contributed by atoms with Crippen LogP contribution in [0.4, 0.5) is 11.5 Å². The molecule has 3 rings (SSSR count). The predicted octanol–water partition coefficient (Wildman–Crippen LogP) is 2.69. The molecule has 2 N–H and O–H groups in total. The first-order valence-corrected chi connectivity index (χ1v) is 10.7. The summed E-state index contributed by atoms with van der Waals surface area (Å²) >= 11 is 11.5. The maximum atomic E-state index is 12.7. The van der Waals surface area contributed by atoms with Crippen LogP contribution in [-0.4, -0.2) is 29.1 Å². The fourth-order valence-electron chi connectivity index (χ4n) is 2.48. The molecule has 0 saturated heterocycles. The first-order valence-electron chi connectivity index (χ1n) is 8.43. The summed E-state index contributed by atoms with van der Waals surface area (Å²) in [5, 5.41) is 6.02. The third-order valence-electron chi connectivity index (χ3n) is 3.90. The van der Waals surface area contributed by atoms with Gasteiger partial charge < -0.3 is 5.32 Å². The molecule has 0 fully saturated rings. The van der Waals surface area contributed by atoms with Crippen molar-refractivity contribution in [3.63, 3.8) is 0 Å². The number of rotatable bonds is 6. The van der Waals surface area contributed by atoms with Crippen molar-refractivity contribution in [2.45, 2.75) is 18.4 Å². The van der Waals surface area contributed by atoms with E-state index in [0.717, 1.165) is 10.9 Å². The highest BCUT2D eigenvalue weighted by Crippen LogP contribution is 2.22. The zero-order valence-electron chi connectivity index (χ0n) is 15.5. The van der Waals surface area contributed by atoms with E-state index in [1.807, 2.05) is 0 Å². The van der Waals surface area contributed by atoms with Gasteiger partial charge in [-0.1, -0.05) is 35.3 Å². The molecule has 2 heterocycles. The minimum atomic E-state index is -3.94. The Hall–Kier alpha value is -2.95. The Morgan fingerprint density at radius 2 is 1.97 bits per heavy atom. The van der Waals surface area contributed by atoms with E-state index in [0.29, 0.717) is 5.56 Å². The maximum absolute atomic E-state index is 12.7. The number of hydrogen-bond donors (Lipinski definition) is 2. The standard InChI is InChI=1S/C18H15Cl2N5O4S/c1-11-5-6-12(8-14(11)30(28,29)24-15-4-2-3-7-21-15)23-16(26)10-25-18(27)17(20)13(19)9-22-25/h2-9H,10H2,1H3,(H,21,24)(H,23,26). The monoisotopic (exact) mass is 467 g/mol. The highest BCUT2D eigenvalue weighted by molar-refractivity contribution is 7.92. The number of sulfonamides is 1. The third-order valence-corrected chi connectivity index (χ3v) is 6.15. The lowest BCUT2D eigenvalue weighted by Gasteiger charge is -2.12. The maximum Gasteiger partial charge on any atom is 0.287 e. The van der Waals surface area contributed by atoms with Gasteiger partial charge in [0.1, 0.15) is 17.4 Å². The van der Waals surface area contributed by atoms with Crippen molar-refractivity contribution in [1.29, 1.82) is 0 Å². The average molecular weight is 468 g/mol. The van der Waals surface area contributed by atoms with E-state index in [9.17, 15) is 18.0 Å². The quantitative estimate of drug-likeness (QED) is 0.574. The fourth-order valence-corrected chi connectivity index (χ4v) is 4.03. The van der Waals surface area contributed by atoms with Crippen LogP contribution in [0.15, 0.2) is 58.5 Å². The van der Waals surface area contributed by atoms with Gasteiger partial charge in [0.25, 0.3) is 15.6 Å². The van der Waals surface area contributed by atoms with Gasteiger partial charge in [-0.25, -0.2) is 18.1 Å². The van der Waals surface area contributed by atoms with Gasteiger partial charge >= 0.3 is 0 Å². The molecule has 3 aromatic rings. The summed E-state index contributed by atoms with van der Waals surface area (Å²) in [4.78, 5) is 28.2. The van der Waals surface area contributed by atoms with Gasteiger partial charge in [-0.3, -0.25) is 14.3 Å². The summed E-state index contributed by atoms with van der Waals surface area (Å²) in [6, 6.07) is 9.22. The SMILES string of the molecule is Cc1ccc(NC(=O)Cn2ncc(Cl)c(Cl)c2=O)cc1S(=O)(=O)Nc1ccccn1. The smallest absolute Gasteiger partial charge is 0.287 e. The molecule has 0 aliphatic heterocycles. The molecule has 1 aromatic carbocycles. The number of hydrogen-bond acceptors (Lipinski definition) is 6. The van der Waals surface area contributed by atoms with E-state index in [1.165, 1.54) is 24.4 Å². The molecule has 0 aliphatic carbocycles. The Bertz CT molecular complexity index is 1260. The molecule has 0 atom stereocenters. The van der Waals surface area contributed by atoms with Gasteiger partial charge in [0.05, 0.1) is 16.1 Å². The molecule has 0 bridgehead atoms. The molecule has 0 radical (unpaired) electrons. The zero-order valence-corrected chi connectivity index (χ0v) is 17.8. The lowest BCUT2D eigenvalue weighted by molar-refractivity contribution is -0.117. The zero-order chi connectivity index (χ0) is 21.9. The summed E-state index contributed by atoms with van der Waals surface area (Å²) in [5.74, 6) is -0.440. The summed E-state index contributed by atoms with van der Waals surface area (Å²) in [6.45, 7) is 1.19. The van der Waals surface area contributed by atoms with Crippen LogP contribution in [0.1, 0.15) is 5.56 Å². The van der Waals surface area contributed by atoms with E-state index in [1.54, 1.807) is 25.1 Å². The van der Waals surface area contributed by atoms with E-state index < -0.39 is 28.0 Å². The Balaban J connectivity index is 1.80. The van der Waals surface area contributed by atoms with Gasteiger partial charge in [0, 0.05) is 11.9 Å². The molecular formula is C18H15Cl2N5O4S. The van der Waals surface area contributed by atoms with E-state index in [4.69, 9.17) is 23.2 Å². The van der Waals surface area contributed by atoms with Crippen LogP contribution in [0.5, 0.6) is 0 Å². The largest absolute Gasteiger partial charge is 0.324 e. The van der Waals surface area contributed by atoms with Crippen LogP contribution in [0.3, 0.4) is 0 Å². The number of aryl methyl sites for hydroxylation is 1. The normalized spacial score (nSPS) is 11.2. The number of benzene rings is 1. The van der Waals surface area contributed by atoms with Gasteiger partial charge in [0.15, 0.2) is 0 Å². The first-order chi connectivity index (χ1) is 14.2. The molecular weight excluding hydrogens is 453 g/mol. The average Bonchev–Trinajstić information content (AvgIpc) is 2.70. The second-order valence-electron chi connectivity index (χ2n) is 6.12. The number of anilines is 2. The Morgan fingerprint density at radius 1 is 1.20 bits per heavy atom. The highest BCUT2D eigenvalue weighted by atomic mass is 35.5. The molecule has 1 amide bonds. The number of nitrogens with one attached hydrogen (secondary N) is 2. The number of carbonyl (C=O) groups is 1. The first kappa shape index (κ1) is 21.8. The van der Waals surface area contributed by atoms with Crippen molar-refractivity contribution in [3.8, 4) is 0 Å². The molecule has 9 nitrogen and oxygen atoms in total. The van der Waals surface area contributed by atoms with Crippen LogP contribution in [-0.2, 0) is 21.4 Å². The minimum absolute atomic E-state index is 0.0212. The van der Waals surface area contributed by atoms with Gasteiger partial charge in [-0.05, 0) is 36.8 Å². The van der Waals surface area contributed by atoms with E-state index in [-0.39, 0.29) is 26.4 Å². The van der Waals surface area contributed by atoms with Gasteiger partial charge in [0.2, 0.25) is 5.91 Å². The highest BCUT2D eigenvalue weighted by Gasteiger charge is 2.19. The minimum Gasteiger partial charge on any atom is -0.324 e. The topological polar surface area (TPSA) is 123 Å². The number of carbonyl (C=O) groups excluding carboxylic acids is 1. The summed E-state index contributed by atoms with van der Waals surface area (Å²) in [5.41, 5.74) is -0.0232. The van der Waals surface area contributed by atoms with Crippen molar-refractivity contribution in [1.82, 2.24) is 14.8 Å². The molecule has 0 saturated carbocycles. The summed E-state index contributed by atoms with van der Waals surface area (Å²) < 4.78 is 28.7.